The van der Waals surface area contributed by atoms with E-state index >= 15 is 0 Å². The summed E-state index contributed by atoms with van der Waals surface area (Å²) in [7, 11) is 0. The molecule has 17 heavy (non-hydrogen) atoms. The van der Waals surface area contributed by atoms with Crippen molar-refractivity contribution >= 4 is 17.5 Å². The molecule has 5 heteroatoms. The SMILES string of the molecule is CCOC(=O)C(=[N+]=[N-])C(=O)C=C1CCCCC1. The van der Waals surface area contributed by atoms with Crippen molar-refractivity contribution in [3.8, 4) is 0 Å². The van der Waals surface area contributed by atoms with Crippen LogP contribution >= 0.6 is 0 Å². The van der Waals surface area contributed by atoms with E-state index < -0.39 is 17.5 Å². The van der Waals surface area contributed by atoms with E-state index in [9.17, 15) is 9.59 Å². The van der Waals surface area contributed by atoms with Crippen LogP contribution in [-0.2, 0) is 14.3 Å². The summed E-state index contributed by atoms with van der Waals surface area (Å²) in [4.78, 5) is 25.7. The first-order valence-corrected chi connectivity index (χ1v) is 5.82. The summed E-state index contributed by atoms with van der Waals surface area (Å²) < 4.78 is 4.63. The molecule has 0 radical (unpaired) electrons. The fourth-order valence-electron chi connectivity index (χ4n) is 1.79. The lowest BCUT2D eigenvalue weighted by atomic mass is 9.93. The normalized spacial score (nSPS) is 14.8. The van der Waals surface area contributed by atoms with E-state index in [2.05, 4.69) is 9.53 Å². The molecule has 1 rings (SSSR count). The monoisotopic (exact) mass is 236 g/mol. The second-order valence-electron chi connectivity index (χ2n) is 3.90. The van der Waals surface area contributed by atoms with Gasteiger partial charge in [-0.15, -0.1) is 0 Å². The quantitative estimate of drug-likeness (QED) is 0.186. The number of carbonyl (C=O) groups excluding carboxylic acids is 2. The van der Waals surface area contributed by atoms with Crippen molar-refractivity contribution in [3.05, 3.63) is 17.2 Å². The Bertz CT molecular complexity index is 385. The van der Waals surface area contributed by atoms with Crippen LogP contribution in [0.5, 0.6) is 0 Å². The molecular formula is C12H16N2O3. The third kappa shape index (κ3) is 3.96. The van der Waals surface area contributed by atoms with Crippen molar-refractivity contribution in [3.63, 3.8) is 0 Å². The fourth-order valence-corrected chi connectivity index (χ4v) is 1.79. The van der Waals surface area contributed by atoms with Crippen molar-refractivity contribution < 1.29 is 19.1 Å². The summed E-state index contributed by atoms with van der Waals surface area (Å²) >= 11 is 0. The Labute approximate surface area is 100 Å². The van der Waals surface area contributed by atoms with Crippen molar-refractivity contribution in [2.75, 3.05) is 6.61 Å². The van der Waals surface area contributed by atoms with Gasteiger partial charge in [0.05, 0.1) is 6.61 Å². The minimum Gasteiger partial charge on any atom is -0.457 e. The van der Waals surface area contributed by atoms with Gasteiger partial charge < -0.3 is 10.3 Å². The van der Waals surface area contributed by atoms with E-state index in [1.54, 1.807) is 6.92 Å². The van der Waals surface area contributed by atoms with E-state index in [0.29, 0.717) is 0 Å². The van der Waals surface area contributed by atoms with Gasteiger partial charge >= 0.3 is 11.7 Å². The first-order valence-electron chi connectivity index (χ1n) is 5.82. The van der Waals surface area contributed by atoms with Crippen LogP contribution in [0.2, 0.25) is 0 Å². The summed E-state index contributed by atoms with van der Waals surface area (Å²) in [6, 6.07) is 0. The number of allylic oxidation sites excluding steroid dienone is 2. The van der Waals surface area contributed by atoms with Crippen LogP contribution in [0, 0.1) is 0 Å². The molecule has 0 bridgehead atoms. The molecule has 0 saturated heterocycles. The highest BCUT2D eigenvalue weighted by atomic mass is 16.5. The minimum absolute atomic E-state index is 0.141. The average Bonchev–Trinajstić information content (AvgIpc) is 2.31. The highest BCUT2D eigenvalue weighted by molar-refractivity contribution is 6.64. The van der Waals surface area contributed by atoms with Crippen LogP contribution in [0.1, 0.15) is 39.0 Å². The summed E-state index contributed by atoms with van der Waals surface area (Å²) in [6.45, 7) is 1.76. The lowest BCUT2D eigenvalue weighted by Gasteiger charge is -2.12. The number of ketones is 1. The Kier molecular flexibility index (Phi) is 5.30. The van der Waals surface area contributed by atoms with E-state index in [4.69, 9.17) is 5.53 Å². The van der Waals surface area contributed by atoms with E-state index in [0.717, 1.165) is 31.3 Å². The summed E-state index contributed by atoms with van der Waals surface area (Å²) in [5.41, 5.74) is 9.12. The summed E-state index contributed by atoms with van der Waals surface area (Å²) in [5.74, 6) is -1.46. The molecule has 0 N–H and O–H groups in total. The first kappa shape index (κ1) is 13.3. The van der Waals surface area contributed by atoms with Gasteiger partial charge in [0.2, 0.25) is 0 Å². The number of esters is 1. The molecular weight excluding hydrogens is 220 g/mol. The van der Waals surface area contributed by atoms with E-state index in [1.807, 2.05) is 0 Å². The Morgan fingerprint density at radius 2 is 2.00 bits per heavy atom. The summed E-state index contributed by atoms with van der Waals surface area (Å²) in [6.07, 6.45) is 6.42. The molecule has 1 saturated carbocycles. The molecule has 0 aliphatic heterocycles. The molecule has 0 atom stereocenters. The van der Waals surface area contributed by atoms with Crippen molar-refractivity contribution in [1.29, 1.82) is 0 Å². The molecule has 0 aromatic rings. The van der Waals surface area contributed by atoms with Crippen LogP contribution in [-0.4, -0.2) is 28.9 Å². The smallest absolute Gasteiger partial charge is 0.445 e. The number of ether oxygens (including phenoxy) is 1. The van der Waals surface area contributed by atoms with E-state index in [1.165, 1.54) is 12.5 Å². The number of hydrogen-bond acceptors (Lipinski definition) is 3. The zero-order valence-corrected chi connectivity index (χ0v) is 9.94. The lowest BCUT2D eigenvalue weighted by molar-refractivity contribution is -0.141. The highest BCUT2D eigenvalue weighted by Gasteiger charge is 2.29. The topological polar surface area (TPSA) is 79.8 Å². The van der Waals surface area contributed by atoms with E-state index in [-0.39, 0.29) is 6.61 Å². The molecule has 1 aliphatic carbocycles. The van der Waals surface area contributed by atoms with Crippen LogP contribution < -0.4 is 0 Å². The molecule has 0 spiro atoms. The van der Waals surface area contributed by atoms with Crippen molar-refractivity contribution in [2.45, 2.75) is 39.0 Å². The third-order valence-electron chi connectivity index (χ3n) is 2.63. The van der Waals surface area contributed by atoms with Gasteiger partial charge in [0.25, 0.3) is 5.78 Å². The van der Waals surface area contributed by atoms with Gasteiger partial charge in [-0.1, -0.05) is 12.0 Å². The van der Waals surface area contributed by atoms with Gasteiger partial charge in [0.1, 0.15) is 0 Å². The van der Waals surface area contributed by atoms with Crippen LogP contribution in [0.25, 0.3) is 5.53 Å². The Morgan fingerprint density at radius 1 is 1.35 bits per heavy atom. The van der Waals surface area contributed by atoms with Gasteiger partial charge in [-0.3, -0.25) is 4.79 Å². The van der Waals surface area contributed by atoms with Crippen LogP contribution in [0.4, 0.5) is 0 Å². The van der Waals surface area contributed by atoms with Crippen LogP contribution in [0.15, 0.2) is 11.6 Å². The Morgan fingerprint density at radius 3 is 2.53 bits per heavy atom. The Hall–Kier alpha value is -1.74. The molecule has 1 fully saturated rings. The summed E-state index contributed by atoms with van der Waals surface area (Å²) in [5, 5.41) is 0. The number of hydrogen-bond donors (Lipinski definition) is 0. The first-order chi connectivity index (χ1) is 8.19. The second-order valence-corrected chi connectivity index (χ2v) is 3.90. The predicted octanol–water partition coefficient (Wildman–Crippen LogP) is 1.68. The molecule has 0 heterocycles. The maximum absolute atomic E-state index is 11.7. The standard InChI is InChI=1S/C12H16N2O3/c1-2-17-12(16)11(14-13)10(15)8-9-6-4-3-5-7-9/h8H,2-7H2,1H3. The third-order valence-corrected chi connectivity index (χ3v) is 2.63. The number of nitrogens with zero attached hydrogens (tertiary/aromatic N) is 2. The van der Waals surface area contributed by atoms with Gasteiger partial charge in [0, 0.05) is 0 Å². The molecule has 0 amide bonds. The lowest BCUT2D eigenvalue weighted by Crippen LogP contribution is -2.26. The molecule has 0 aromatic heterocycles. The molecule has 1 aliphatic rings. The van der Waals surface area contributed by atoms with Gasteiger partial charge in [-0.25, -0.2) is 4.79 Å². The maximum Gasteiger partial charge on any atom is 0.445 e. The van der Waals surface area contributed by atoms with Gasteiger partial charge in [-0.05, 0) is 38.7 Å². The maximum atomic E-state index is 11.7. The van der Waals surface area contributed by atoms with Gasteiger partial charge in [-0.2, -0.15) is 4.79 Å². The Balaban J connectivity index is 2.73. The highest BCUT2D eigenvalue weighted by Crippen LogP contribution is 2.22. The zero-order valence-electron chi connectivity index (χ0n) is 9.94. The minimum atomic E-state index is -0.882. The van der Waals surface area contributed by atoms with Crippen LogP contribution in [0.3, 0.4) is 0 Å². The van der Waals surface area contributed by atoms with Crippen molar-refractivity contribution in [2.24, 2.45) is 0 Å². The largest absolute Gasteiger partial charge is 0.457 e. The fraction of sp³-hybridized carbons (Fsp3) is 0.583. The molecule has 0 aromatic carbocycles. The predicted molar refractivity (Wildman–Crippen MR) is 61.4 cm³/mol. The molecule has 0 unspecified atom stereocenters. The number of carbonyl (C=O) groups is 2. The van der Waals surface area contributed by atoms with Crippen molar-refractivity contribution in [1.82, 2.24) is 0 Å². The molecule has 92 valence electrons. The molecule has 5 nitrogen and oxygen atoms in total. The second kappa shape index (κ2) is 6.76. The van der Waals surface area contributed by atoms with Gasteiger partial charge in [0.15, 0.2) is 0 Å². The average molecular weight is 236 g/mol. The number of rotatable bonds is 4. The zero-order chi connectivity index (χ0) is 12.7.